The summed E-state index contributed by atoms with van der Waals surface area (Å²) in [6.07, 6.45) is 4.02. The Morgan fingerprint density at radius 1 is 1.37 bits per heavy atom. The number of fused-ring (bicyclic) bond motifs is 1. The molecule has 2 heterocycles. The number of nitrogen functional groups attached to an aromatic ring is 1. The van der Waals surface area contributed by atoms with Crippen molar-refractivity contribution in [2.75, 3.05) is 5.73 Å². The number of aryl methyl sites for hydroxylation is 1. The molecule has 3 aromatic rings. The first kappa shape index (κ1) is 11.6. The predicted molar refractivity (Wildman–Crippen MR) is 76.2 cm³/mol. The number of hydrogen-bond donors (Lipinski definition) is 2. The van der Waals surface area contributed by atoms with Crippen molar-refractivity contribution in [2.24, 2.45) is 7.05 Å². The topological polar surface area (TPSA) is 63.8 Å². The molecule has 4 nitrogen and oxygen atoms in total. The van der Waals surface area contributed by atoms with Gasteiger partial charge in [0, 0.05) is 42.5 Å². The van der Waals surface area contributed by atoms with Crippen molar-refractivity contribution in [1.29, 1.82) is 0 Å². The number of carbonyl (C=O) groups is 1. The number of carbonyl (C=O) groups excluding carboxylic acids is 1. The Kier molecular flexibility index (Phi) is 2.63. The maximum absolute atomic E-state index is 12.2. The summed E-state index contributed by atoms with van der Waals surface area (Å²) < 4.78 is 2.04. The third kappa shape index (κ3) is 2.01. The van der Waals surface area contributed by atoms with Crippen molar-refractivity contribution in [3.63, 3.8) is 0 Å². The predicted octanol–water partition coefficient (Wildman–Crippen LogP) is 2.51. The van der Waals surface area contributed by atoms with E-state index < -0.39 is 0 Å². The second-order valence-electron chi connectivity index (χ2n) is 4.73. The van der Waals surface area contributed by atoms with Crippen molar-refractivity contribution < 1.29 is 4.79 Å². The quantitative estimate of drug-likeness (QED) is 0.704. The van der Waals surface area contributed by atoms with Crippen molar-refractivity contribution >= 4 is 22.4 Å². The smallest absolute Gasteiger partial charge is 0.183 e. The van der Waals surface area contributed by atoms with Crippen LogP contribution in [0.4, 0.5) is 5.69 Å². The number of nitrogens with one attached hydrogen (secondary N) is 1. The first-order valence-corrected chi connectivity index (χ1v) is 6.15. The number of aromatic amines is 1. The number of Topliss-reactive ketones (excluding diaryl/α,β-unsaturated/α-hetero) is 1. The van der Waals surface area contributed by atoms with Crippen molar-refractivity contribution in [1.82, 2.24) is 9.55 Å². The van der Waals surface area contributed by atoms with Crippen LogP contribution in [0.15, 0.2) is 42.7 Å². The first-order chi connectivity index (χ1) is 9.15. The van der Waals surface area contributed by atoms with Crippen molar-refractivity contribution in [3.8, 4) is 0 Å². The number of nitrogens with two attached hydrogens (primary N) is 1. The van der Waals surface area contributed by atoms with Gasteiger partial charge in [-0.25, -0.2) is 0 Å². The van der Waals surface area contributed by atoms with E-state index in [-0.39, 0.29) is 5.78 Å². The van der Waals surface area contributed by atoms with Gasteiger partial charge in [0.15, 0.2) is 5.78 Å². The summed E-state index contributed by atoms with van der Waals surface area (Å²) in [6, 6.07) is 9.76. The third-order valence-electron chi connectivity index (χ3n) is 3.34. The Hall–Kier alpha value is -2.49. The molecule has 0 aliphatic carbocycles. The van der Waals surface area contributed by atoms with E-state index >= 15 is 0 Å². The molecule has 2 aromatic heterocycles. The minimum absolute atomic E-state index is 0.0491. The molecule has 0 bridgehead atoms. The van der Waals surface area contributed by atoms with Gasteiger partial charge in [0.1, 0.15) is 0 Å². The van der Waals surface area contributed by atoms with Crippen LogP contribution in [-0.2, 0) is 13.5 Å². The Morgan fingerprint density at radius 3 is 2.89 bits per heavy atom. The lowest BCUT2D eigenvalue weighted by Gasteiger charge is -1.97. The molecule has 0 saturated heterocycles. The SMILES string of the molecule is Cn1cc(CC(=O)c2cc(N)c[nH]2)c2ccccc21. The molecule has 0 unspecified atom stereocenters. The summed E-state index contributed by atoms with van der Waals surface area (Å²) in [5.41, 5.74) is 8.94. The summed E-state index contributed by atoms with van der Waals surface area (Å²) in [7, 11) is 1.99. The zero-order valence-corrected chi connectivity index (χ0v) is 10.7. The standard InChI is InChI=1S/C15H15N3O/c1-18-9-10(12-4-2-3-5-14(12)18)6-15(19)13-7-11(16)8-17-13/h2-5,7-9,17H,6,16H2,1H3. The second kappa shape index (κ2) is 4.31. The van der Waals surface area contributed by atoms with Gasteiger partial charge in [0.05, 0.1) is 5.69 Å². The lowest BCUT2D eigenvalue weighted by Crippen LogP contribution is -2.03. The summed E-state index contributed by atoms with van der Waals surface area (Å²) in [5, 5.41) is 1.12. The zero-order valence-electron chi connectivity index (χ0n) is 10.7. The third-order valence-corrected chi connectivity index (χ3v) is 3.34. The van der Waals surface area contributed by atoms with Crippen LogP contribution in [0.2, 0.25) is 0 Å². The highest BCUT2D eigenvalue weighted by atomic mass is 16.1. The van der Waals surface area contributed by atoms with Crippen LogP contribution < -0.4 is 5.73 Å². The summed E-state index contributed by atoms with van der Waals surface area (Å²) >= 11 is 0. The maximum atomic E-state index is 12.2. The number of hydrogen-bond acceptors (Lipinski definition) is 2. The number of benzene rings is 1. The molecule has 19 heavy (non-hydrogen) atoms. The van der Waals surface area contributed by atoms with Crippen LogP contribution in [0.3, 0.4) is 0 Å². The van der Waals surface area contributed by atoms with E-state index in [9.17, 15) is 4.79 Å². The molecule has 0 fully saturated rings. The van der Waals surface area contributed by atoms with E-state index in [4.69, 9.17) is 5.73 Å². The number of anilines is 1. The fraction of sp³-hybridized carbons (Fsp3) is 0.133. The Bertz CT molecular complexity index is 752. The van der Waals surface area contributed by atoms with Gasteiger partial charge >= 0.3 is 0 Å². The summed E-state index contributed by atoms with van der Waals surface area (Å²) in [4.78, 5) is 15.1. The molecule has 0 atom stereocenters. The average Bonchev–Trinajstić information content (AvgIpc) is 2.96. The highest BCUT2D eigenvalue weighted by Gasteiger charge is 2.13. The van der Waals surface area contributed by atoms with Gasteiger partial charge in [-0.05, 0) is 17.7 Å². The molecule has 0 aliphatic rings. The number of aromatic nitrogens is 2. The Balaban J connectivity index is 1.95. The monoisotopic (exact) mass is 253 g/mol. The van der Waals surface area contributed by atoms with Gasteiger partial charge in [-0.15, -0.1) is 0 Å². The molecule has 4 heteroatoms. The molecule has 1 aromatic carbocycles. The number of nitrogens with zero attached hydrogens (tertiary/aromatic N) is 1. The van der Waals surface area contributed by atoms with Crippen LogP contribution in [0.5, 0.6) is 0 Å². The molecule has 0 spiro atoms. The lowest BCUT2D eigenvalue weighted by molar-refractivity contribution is 0.0989. The molecule has 0 radical (unpaired) electrons. The van der Waals surface area contributed by atoms with E-state index in [0.717, 1.165) is 16.5 Å². The highest BCUT2D eigenvalue weighted by Crippen LogP contribution is 2.21. The second-order valence-corrected chi connectivity index (χ2v) is 4.73. The van der Waals surface area contributed by atoms with E-state index in [1.165, 1.54) is 0 Å². The largest absolute Gasteiger partial charge is 0.397 e. The molecule has 0 amide bonds. The molecule has 0 aliphatic heterocycles. The normalized spacial score (nSPS) is 11.0. The molecular weight excluding hydrogens is 238 g/mol. The molecule has 0 saturated carbocycles. The number of H-pyrrole nitrogens is 1. The number of rotatable bonds is 3. The van der Waals surface area contributed by atoms with E-state index in [1.54, 1.807) is 12.3 Å². The van der Waals surface area contributed by atoms with Crippen LogP contribution >= 0.6 is 0 Å². The van der Waals surface area contributed by atoms with E-state index in [0.29, 0.717) is 17.8 Å². The van der Waals surface area contributed by atoms with Gasteiger partial charge in [-0.2, -0.15) is 0 Å². The van der Waals surface area contributed by atoms with Crippen LogP contribution in [0.1, 0.15) is 16.1 Å². The first-order valence-electron chi connectivity index (χ1n) is 6.15. The fourth-order valence-corrected chi connectivity index (χ4v) is 2.41. The Labute approximate surface area is 110 Å². The van der Waals surface area contributed by atoms with Crippen molar-refractivity contribution in [3.05, 3.63) is 54.0 Å². The molecular formula is C15H15N3O. The zero-order chi connectivity index (χ0) is 13.4. The van der Waals surface area contributed by atoms with Gasteiger partial charge in [0.25, 0.3) is 0 Å². The van der Waals surface area contributed by atoms with E-state index in [2.05, 4.69) is 11.1 Å². The fourth-order valence-electron chi connectivity index (χ4n) is 2.41. The molecule has 3 rings (SSSR count). The van der Waals surface area contributed by atoms with Crippen molar-refractivity contribution in [2.45, 2.75) is 6.42 Å². The minimum Gasteiger partial charge on any atom is -0.397 e. The van der Waals surface area contributed by atoms with Gasteiger partial charge < -0.3 is 15.3 Å². The van der Waals surface area contributed by atoms with E-state index in [1.807, 2.05) is 36.0 Å². The lowest BCUT2D eigenvalue weighted by atomic mass is 10.1. The highest BCUT2D eigenvalue weighted by molar-refractivity contribution is 5.99. The van der Waals surface area contributed by atoms with Gasteiger partial charge in [-0.1, -0.05) is 18.2 Å². The average molecular weight is 253 g/mol. The summed E-state index contributed by atoms with van der Waals surface area (Å²) in [6.45, 7) is 0. The molecule has 96 valence electrons. The van der Waals surface area contributed by atoms with Crippen LogP contribution in [0.25, 0.3) is 10.9 Å². The van der Waals surface area contributed by atoms with Crippen LogP contribution in [0, 0.1) is 0 Å². The maximum Gasteiger partial charge on any atom is 0.183 e. The van der Waals surface area contributed by atoms with Gasteiger partial charge in [0.2, 0.25) is 0 Å². The number of ketones is 1. The summed E-state index contributed by atoms with van der Waals surface area (Å²) in [5.74, 6) is 0.0491. The minimum atomic E-state index is 0.0491. The molecule has 3 N–H and O–H groups in total. The number of para-hydroxylation sites is 1. The van der Waals surface area contributed by atoms with Crippen LogP contribution in [-0.4, -0.2) is 15.3 Å². The Morgan fingerprint density at radius 2 is 2.16 bits per heavy atom. The van der Waals surface area contributed by atoms with Gasteiger partial charge in [-0.3, -0.25) is 4.79 Å².